The Morgan fingerprint density at radius 2 is 1.72 bits per heavy atom. The fourth-order valence-corrected chi connectivity index (χ4v) is 2.62. The van der Waals surface area contributed by atoms with E-state index in [4.69, 9.17) is 0 Å². The molecule has 3 heteroatoms. The van der Waals surface area contributed by atoms with E-state index in [1.54, 1.807) is 0 Å². The number of H-pyrrole nitrogens is 1. The van der Waals surface area contributed by atoms with Crippen LogP contribution in [0, 0.1) is 3.57 Å². The van der Waals surface area contributed by atoms with Gasteiger partial charge in [-0.2, -0.15) is 0 Å². The summed E-state index contributed by atoms with van der Waals surface area (Å²) in [5, 5.41) is 1.06. The minimum absolute atomic E-state index is 0.0381. The lowest BCUT2D eigenvalue weighted by Gasteiger charge is -2.00. The van der Waals surface area contributed by atoms with Gasteiger partial charge in [-0.1, -0.05) is 30.3 Å². The van der Waals surface area contributed by atoms with Crippen molar-refractivity contribution in [2.45, 2.75) is 0 Å². The van der Waals surface area contributed by atoms with E-state index in [1.807, 2.05) is 54.6 Å². The minimum Gasteiger partial charge on any atom is -0.352 e. The lowest BCUT2D eigenvalue weighted by Crippen LogP contribution is -2.03. The Morgan fingerprint density at radius 3 is 2.50 bits per heavy atom. The number of hydrogen-bond donors (Lipinski definition) is 1. The van der Waals surface area contributed by atoms with Gasteiger partial charge in [0.05, 0.1) is 5.69 Å². The fourth-order valence-electron chi connectivity index (χ4n) is 1.99. The first-order chi connectivity index (χ1) is 8.75. The maximum absolute atomic E-state index is 12.4. The lowest BCUT2D eigenvalue weighted by molar-refractivity contribution is 0.103. The van der Waals surface area contributed by atoms with E-state index in [9.17, 15) is 4.79 Å². The molecule has 3 rings (SSSR count). The second kappa shape index (κ2) is 4.57. The fraction of sp³-hybridized carbons (Fsp3) is 0. The quantitative estimate of drug-likeness (QED) is 0.552. The zero-order chi connectivity index (χ0) is 12.5. The first kappa shape index (κ1) is 11.5. The molecule has 0 unspecified atom stereocenters. The predicted molar refractivity (Wildman–Crippen MR) is 80.9 cm³/mol. The zero-order valence-corrected chi connectivity index (χ0v) is 11.6. The number of carbonyl (C=O) groups excluding carboxylic acids is 1. The highest BCUT2D eigenvalue weighted by Crippen LogP contribution is 2.20. The molecule has 0 spiro atoms. The van der Waals surface area contributed by atoms with Crippen LogP contribution in [0.4, 0.5) is 0 Å². The number of ketones is 1. The van der Waals surface area contributed by atoms with Gasteiger partial charge in [-0.15, -0.1) is 0 Å². The van der Waals surface area contributed by atoms with Crippen LogP contribution in [0.15, 0.2) is 54.6 Å². The monoisotopic (exact) mass is 347 g/mol. The Morgan fingerprint density at radius 1 is 1.00 bits per heavy atom. The second-order valence-corrected chi connectivity index (χ2v) is 5.24. The van der Waals surface area contributed by atoms with E-state index in [1.165, 1.54) is 0 Å². The third kappa shape index (κ3) is 1.95. The average Bonchev–Trinajstić information content (AvgIpc) is 2.82. The van der Waals surface area contributed by atoms with Crippen LogP contribution in [-0.4, -0.2) is 10.8 Å². The molecular formula is C15H10INO. The summed E-state index contributed by atoms with van der Waals surface area (Å²) in [6, 6.07) is 17.4. The van der Waals surface area contributed by atoms with Crippen LogP contribution in [0.3, 0.4) is 0 Å². The molecule has 0 fully saturated rings. The van der Waals surface area contributed by atoms with Crippen molar-refractivity contribution in [2.24, 2.45) is 0 Å². The molecule has 0 amide bonds. The molecule has 1 N–H and O–H groups in total. The van der Waals surface area contributed by atoms with Gasteiger partial charge in [0.1, 0.15) is 0 Å². The van der Waals surface area contributed by atoms with E-state index in [2.05, 4.69) is 27.6 Å². The molecule has 1 aromatic heterocycles. The number of fused-ring (bicyclic) bond motifs is 1. The first-order valence-corrected chi connectivity index (χ1v) is 6.70. The number of hydrogen-bond acceptors (Lipinski definition) is 1. The summed E-state index contributed by atoms with van der Waals surface area (Å²) >= 11 is 2.19. The molecule has 0 radical (unpaired) electrons. The first-order valence-electron chi connectivity index (χ1n) is 5.63. The summed E-state index contributed by atoms with van der Waals surface area (Å²) in [6.07, 6.45) is 0. The van der Waals surface area contributed by atoms with Crippen LogP contribution in [0.1, 0.15) is 16.1 Å². The van der Waals surface area contributed by atoms with E-state index < -0.39 is 0 Å². The molecule has 18 heavy (non-hydrogen) atoms. The third-order valence-electron chi connectivity index (χ3n) is 2.89. The molecule has 1 heterocycles. The Hall–Kier alpha value is -1.62. The van der Waals surface area contributed by atoms with Crippen molar-refractivity contribution in [3.05, 3.63) is 69.4 Å². The smallest absolute Gasteiger partial charge is 0.210 e. The molecule has 0 atom stereocenters. The third-order valence-corrected chi connectivity index (χ3v) is 3.83. The van der Waals surface area contributed by atoms with Crippen molar-refractivity contribution < 1.29 is 4.79 Å². The molecule has 0 bridgehead atoms. The SMILES string of the molecule is O=C(c1cc2ccccc2[nH]1)c1ccccc1I. The average molecular weight is 347 g/mol. The van der Waals surface area contributed by atoms with E-state index in [0.717, 1.165) is 20.0 Å². The van der Waals surface area contributed by atoms with Crippen LogP contribution in [0.2, 0.25) is 0 Å². The molecule has 2 nitrogen and oxygen atoms in total. The second-order valence-electron chi connectivity index (χ2n) is 4.08. The molecule has 0 saturated heterocycles. The van der Waals surface area contributed by atoms with Gasteiger partial charge < -0.3 is 4.98 Å². The predicted octanol–water partition coefficient (Wildman–Crippen LogP) is 4.00. The zero-order valence-electron chi connectivity index (χ0n) is 9.48. The van der Waals surface area contributed by atoms with Gasteiger partial charge in [0.15, 0.2) is 0 Å². The maximum Gasteiger partial charge on any atom is 0.210 e. The molecule has 0 saturated carbocycles. The van der Waals surface area contributed by atoms with Crippen molar-refractivity contribution >= 4 is 39.3 Å². The summed E-state index contributed by atoms with van der Waals surface area (Å²) in [5.74, 6) is 0.0381. The van der Waals surface area contributed by atoms with Gasteiger partial charge >= 0.3 is 0 Å². The highest BCUT2D eigenvalue weighted by atomic mass is 127. The Bertz CT molecular complexity index is 697. The number of para-hydroxylation sites is 1. The van der Waals surface area contributed by atoms with Crippen LogP contribution in [-0.2, 0) is 0 Å². The van der Waals surface area contributed by atoms with Crippen LogP contribution >= 0.6 is 22.6 Å². The van der Waals surface area contributed by atoms with Gasteiger partial charge in [-0.05, 0) is 46.9 Å². The number of halogens is 1. The molecule has 2 aromatic carbocycles. The molecule has 0 aliphatic rings. The van der Waals surface area contributed by atoms with Gasteiger partial charge in [0.25, 0.3) is 0 Å². The van der Waals surface area contributed by atoms with E-state index in [0.29, 0.717) is 5.69 Å². The number of rotatable bonds is 2. The number of carbonyl (C=O) groups is 1. The van der Waals surface area contributed by atoms with Crippen LogP contribution < -0.4 is 0 Å². The van der Waals surface area contributed by atoms with Gasteiger partial charge in [-0.25, -0.2) is 0 Å². The standard InChI is InChI=1S/C15H10INO/c16-12-7-3-2-6-11(12)15(18)14-9-10-5-1-4-8-13(10)17-14/h1-9,17H. The van der Waals surface area contributed by atoms with Crippen molar-refractivity contribution in [2.75, 3.05) is 0 Å². The highest BCUT2D eigenvalue weighted by molar-refractivity contribution is 14.1. The Labute approximate surface area is 118 Å². The van der Waals surface area contributed by atoms with Crippen LogP contribution in [0.25, 0.3) is 10.9 Å². The number of nitrogens with one attached hydrogen (secondary N) is 1. The number of benzene rings is 2. The summed E-state index contributed by atoms with van der Waals surface area (Å²) in [5.41, 5.74) is 2.37. The molecule has 0 aliphatic heterocycles. The summed E-state index contributed by atoms with van der Waals surface area (Å²) in [6.45, 7) is 0. The molecular weight excluding hydrogens is 337 g/mol. The van der Waals surface area contributed by atoms with Crippen molar-refractivity contribution in [1.82, 2.24) is 4.98 Å². The summed E-state index contributed by atoms with van der Waals surface area (Å²) in [7, 11) is 0. The van der Waals surface area contributed by atoms with Crippen molar-refractivity contribution in [1.29, 1.82) is 0 Å². The summed E-state index contributed by atoms with van der Waals surface area (Å²) < 4.78 is 0.971. The maximum atomic E-state index is 12.4. The largest absolute Gasteiger partial charge is 0.352 e. The lowest BCUT2D eigenvalue weighted by atomic mass is 10.1. The molecule has 0 aliphatic carbocycles. The van der Waals surface area contributed by atoms with Crippen LogP contribution in [0.5, 0.6) is 0 Å². The highest BCUT2D eigenvalue weighted by Gasteiger charge is 2.14. The van der Waals surface area contributed by atoms with Gasteiger partial charge in [0.2, 0.25) is 5.78 Å². The number of aromatic amines is 1. The topological polar surface area (TPSA) is 32.9 Å². The van der Waals surface area contributed by atoms with Crippen molar-refractivity contribution in [3.8, 4) is 0 Å². The van der Waals surface area contributed by atoms with E-state index >= 15 is 0 Å². The van der Waals surface area contributed by atoms with E-state index in [-0.39, 0.29) is 5.78 Å². The summed E-state index contributed by atoms with van der Waals surface area (Å²) in [4.78, 5) is 15.6. The Balaban J connectivity index is 2.10. The minimum atomic E-state index is 0.0381. The molecule has 3 aromatic rings. The molecule has 88 valence electrons. The van der Waals surface area contributed by atoms with Gasteiger partial charge in [-0.3, -0.25) is 4.79 Å². The Kier molecular flexibility index (Phi) is 2.91. The van der Waals surface area contributed by atoms with Gasteiger partial charge in [0, 0.05) is 20.0 Å². The van der Waals surface area contributed by atoms with Crippen molar-refractivity contribution in [3.63, 3.8) is 0 Å². The normalized spacial score (nSPS) is 10.7. The number of aromatic nitrogens is 1.